The minimum absolute atomic E-state index is 0.396. The van der Waals surface area contributed by atoms with Crippen LogP contribution in [0.1, 0.15) is 11.3 Å². The lowest BCUT2D eigenvalue weighted by Crippen LogP contribution is -2.47. The lowest BCUT2D eigenvalue weighted by atomic mass is 10.2. The number of fused-ring (bicyclic) bond motifs is 1. The largest absolute Gasteiger partial charge is 0.490 e. The zero-order valence-electron chi connectivity index (χ0n) is 20.5. The molecule has 1 N–H and O–H groups in total. The van der Waals surface area contributed by atoms with Crippen molar-refractivity contribution < 1.29 is 31.5 Å². The molecule has 1 saturated heterocycles. The van der Waals surface area contributed by atoms with Gasteiger partial charge in [-0.15, -0.1) is 5.10 Å². The zero-order valence-corrected chi connectivity index (χ0v) is 21.4. The number of halogens is 3. The van der Waals surface area contributed by atoms with Crippen molar-refractivity contribution in [2.45, 2.75) is 24.0 Å². The first-order chi connectivity index (χ1) is 17.9. The molecule has 0 atom stereocenters. The molecular weight excluding hydrogens is 525 g/mol. The van der Waals surface area contributed by atoms with E-state index in [1.807, 2.05) is 55.7 Å². The van der Waals surface area contributed by atoms with Crippen LogP contribution in [0.2, 0.25) is 0 Å². The van der Waals surface area contributed by atoms with Crippen LogP contribution in [0.3, 0.4) is 0 Å². The van der Waals surface area contributed by atoms with Gasteiger partial charge in [-0.05, 0) is 49.4 Å². The highest BCUT2D eigenvalue weighted by molar-refractivity contribution is 7.89. The summed E-state index contributed by atoms with van der Waals surface area (Å²) in [5, 5.41) is 15.7. The van der Waals surface area contributed by atoms with Gasteiger partial charge in [0.25, 0.3) is 0 Å². The van der Waals surface area contributed by atoms with E-state index in [0.29, 0.717) is 24.5 Å². The van der Waals surface area contributed by atoms with Crippen LogP contribution < -0.4 is 4.90 Å². The molecule has 2 aromatic carbocycles. The summed E-state index contributed by atoms with van der Waals surface area (Å²) in [6, 6.07) is 15.4. The van der Waals surface area contributed by atoms with E-state index < -0.39 is 22.2 Å². The molecule has 5 rings (SSSR count). The summed E-state index contributed by atoms with van der Waals surface area (Å²) in [5.74, 6) is -2.76. The van der Waals surface area contributed by atoms with E-state index in [4.69, 9.17) is 9.90 Å². The van der Waals surface area contributed by atoms with Gasteiger partial charge in [-0.2, -0.15) is 17.5 Å². The van der Waals surface area contributed by atoms with Gasteiger partial charge in [-0.1, -0.05) is 23.4 Å². The van der Waals surface area contributed by atoms with Gasteiger partial charge in [-0.25, -0.2) is 17.9 Å². The molecule has 0 unspecified atom stereocenters. The van der Waals surface area contributed by atoms with Crippen molar-refractivity contribution >= 4 is 21.7 Å². The zero-order chi connectivity index (χ0) is 27.5. The molecule has 0 radical (unpaired) electrons. The van der Waals surface area contributed by atoms with Crippen molar-refractivity contribution in [3.63, 3.8) is 0 Å². The minimum Gasteiger partial charge on any atom is -0.475 e. The van der Waals surface area contributed by atoms with Crippen LogP contribution in [0.5, 0.6) is 0 Å². The van der Waals surface area contributed by atoms with Crippen LogP contribution in [0.4, 0.5) is 18.9 Å². The van der Waals surface area contributed by atoms with Crippen molar-refractivity contribution in [3.05, 3.63) is 66.0 Å². The van der Waals surface area contributed by atoms with Gasteiger partial charge in [0.05, 0.1) is 23.3 Å². The smallest absolute Gasteiger partial charge is 0.475 e. The molecule has 0 amide bonds. The van der Waals surface area contributed by atoms with E-state index in [9.17, 15) is 21.6 Å². The highest BCUT2D eigenvalue weighted by Gasteiger charge is 2.38. The molecule has 10 nitrogen and oxygen atoms in total. The predicted molar refractivity (Wildman–Crippen MR) is 133 cm³/mol. The fraction of sp³-hybridized carbons (Fsp3) is 0.375. The number of para-hydroxylation sites is 1. The third-order valence-corrected chi connectivity index (χ3v) is 8.19. The van der Waals surface area contributed by atoms with Crippen LogP contribution in [0.25, 0.3) is 5.69 Å². The number of piperazine rings is 1. The molecule has 0 aliphatic carbocycles. The second-order valence-electron chi connectivity index (χ2n) is 8.96. The number of aliphatic carboxylic acids is 1. The van der Waals surface area contributed by atoms with Crippen LogP contribution in [0, 0.1) is 0 Å². The number of aromatic nitrogens is 3. The molecule has 3 heterocycles. The Labute approximate surface area is 217 Å². The third-order valence-electron chi connectivity index (χ3n) is 6.30. The Bertz CT molecular complexity index is 1370. The Balaban J connectivity index is 0.000000426. The average Bonchev–Trinajstić information content (AvgIpc) is 3.52. The molecule has 14 heteroatoms. The number of rotatable bonds is 5. The highest BCUT2D eigenvalue weighted by atomic mass is 32.2. The van der Waals surface area contributed by atoms with E-state index in [-0.39, 0.29) is 0 Å². The Kier molecular flexibility index (Phi) is 8.04. The number of sulfonamides is 1. The molecular formula is C24H27F3N6O4S. The summed E-state index contributed by atoms with van der Waals surface area (Å²) in [5.41, 5.74) is 4.00. The van der Waals surface area contributed by atoms with E-state index >= 15 is 0 Å². The summed E-state index contributed by atoms with van der Waals surface area (Å²) in [4.78, 5) is 13.7. The van der Waals surface area contributed by atoms with E-state index in [1.165, 1.54) is 0 Å². The number of benzene rings is 2. The number of likely N-dealkylation sites (N-methyl/N-ethyl adjacent to an activating group) is 1. The standard InChI is InChI=1S/C22H26N6O2S.C2HF3O2/c1-25-11-13-27(14-12-25)31(29,30)21-7-8-22-18(15-21)9-10-26(22)16-19-17-28(24-23-19)20-5-3-2-4-6-20;3-2(4,5)1(6)7/h2-8,15,17H,9-14,16H2,1H3;(H,6,7). The van der Waals surface area contributed by atoms with Gasteiger partial charge in [0.1, 0.15) is 5.69 Å². The molecule has 0 bridgehead atoms. The molecule has 1 aromatic heterocycles. The maximum absolute atomic E-state index is 13.1. The molecule has 38 heavy (non-hydrogen) atoms. The maximum atomic E-state index is 13.1. The summed E-state index contributed by atoms with van der Waals surface area (Å²) in [6.07, 6.45) is -2.31. The van der Waals surface area contributed by atoms with Gasteiger partial charge in [-0.3, -0.25) is 0 Å². The number of nitrogens with zero attached hydrogens (tertiary/aromatic N) is 6. The predicted octanol–water partition coefficient (Wildman–Crippen LogP) is 2.40. The van der Waals surface area contributed by atoms with E-state index in [2.05, 4.69) is 20.1 Å². The second kappa shape index (κ2) is 11.1. The fourth-order valence-electron chi connectivity index (χ4n) is 4.22. The first-order valence-corrected chi connectivity index (χ1v) is 13.2. The lowest BCUT2D eigenvalue weighted by Gasteiger charge is -2.31. The number of anilines is 1. The van der Waals surface area contributed by atoms with Crippen molar-refractivity contribution in [2.24, 2.45) is 0 Å². The van der Waals surface area contributed by atoms with E-state index in [0.717, 1.165) is 48.7 Å². The average molecular weight is 553 g/mol. The van der Waals surface area contributed by atoms with Crippen molar-refractivity contribution in [1.82, 2.24) is 24.2 Å². The minimum atomic E-state index is -5.08. The number of carboxylic acid groups (broad SMARTS) is 1. The van der Waals surface area contributed by atoms with Crippen molar-refractivity contribution in [3.8, 4) is 5.69 Å². The van der Waals surface area contributed by atoms with Gasteiger partial charge < -0.3 is 14.9 Å². The number of carbonyl (C=O) groups is 1. The van der Waals surface area contributed by atoms with Gasteiger partial charge in [0.2, 0.25) is 10.0 Å². The number of hydrogen-bond donors (Lipinski definition) is 1. The Morgan fingerprint density at radius 1 is 1.03 bits per heavy atom. The molecule has 2 aliphatic rings. The Morgan fingerprint density at radius 2 is 1.68 bits per heavy atom. The molecule has 3 aromatic rings. The molecule has 0 saturated carbocycles. The fourth-order valence-corrected chi connectivity index (χ4v) is 5.70. The lowest BCUT2D eigenvalue weighted by molar-refractivity contribution is -0.192. The maximum Gasteiger partial charge on any atom is 0.490 e. The summed E-state index contributed by atoms with van der Waals surface area (Å²) >= 11 is 0. The number of alkyl halides is 3. The van der Waals surface area contributed by atoms with E-state index in [1.54, 1.807) is 15.1 Å². The highest BCUT2D eigenvalue weighted by Crippen LogP contribution is 2.32. The molecule has 2 aliphatic heterocycles. The first-order valence-electron chi connectivity index (χ1n) is 11.8. The first kappa shape index (κ1) is 27.5. The van der Waals surface area contributed by atoms with Crippen LogP contribution >= 0.6 is 0 Å². The van der Waals surface area contributed by atoms with Crippen LogP contribution in [0.15, 0.2) is 59.6 Å². The molecule has 0 spiro atoms. The number of hydrogen-bond acceptors (Lipinski definition) is 7. The number of carboxylic acids is 1. The quantitative estimate of drug-likeness (QED) is 0.514. The Hall–Kier alpha value is -3.49. The SMILES string of the molecule is CN1CCN(S(=O)(=O)c2ccc3c(c2)CCN3Cc2cn(-c3ccccc3)nn2)CC1.O=C(O)C(F)(F)F. The topological polar surface area (TPSA) is 112 Å². The van der Waals surface area contributed by atoms with Gasteiger partial charge in [0.15, 0.2) is 0 Å². The van der Waals surface area contributed by atoms with Crippen molar-refractivity contribution in [1.29, 1.82) is 0 Å². The van der Waals surface area contributed by atoms with Crippen LogP contribution in [-0.2, 0) is 27.8 Å². The normalized spacial score (nSPS) is 16.6. The summed E-state index contributed by atoms with van der Waals surface area (Å²) < 4.78 is 61.3. The van der Waals surface area contributed by atoms with Gasteiger partial charge in [0, 0.05) is 38.4 Å². The third kappa shape index (κ3) is 6.31. The molecule has 1 fully saturated rings. The Morgan fingerprint density at radius 3 is 2.32 bits per heavy atom. The monoisotopic (exact) mass is 552 g/mol. The molecule has 204 valence electrons. The van der Waals surface area contributed by atoms with Crippen LogP contribution in [-0.4, -0.2) is 89.6 Å². The van der Waals surface area contributed by atoms with Gasteiger partial charge >= 0.3 is 12.1 Å². The van der Waals surface area contributed by atoms with Crippen molar-refractivity contribution in [2.75, 3.05) is 44.7 Å². The summed E-state index contributed by atoms with van der Waals surface area (Å²) in [7, 11) is -1.43. The second-order valence-corrected chi connectivity index (χ2v) is 10.9. The summed E-state index contributed by atoms with van der Waals surface area (Å²) in [6.45, 7) is 4.09.